The Morgan fingerprint density at radius 2 is 1.90 bits per heavy atom. The van der Waals surface area contributed by atoms with Crippen LogP contribution in [0, 0.1) is 0 Å². The molecule has 0 aliphatic heterocycles. The minimum absolute atomic E-state index is 0.106. The fourth-order valence-electron chi connectivity index (χ4n) is 1.65. The molecule has 2 rings (SSSR count). The fraction of sp³-hybridized carbons (Fsp3) is 0.0769. The van der Waals surface area contributed by atoms with Crippen molar-refractivity contribution in [3.63, 3.8) is 0 Å². The maximum absolute atomic E-state index is 12.5. The summed E-state index contributed by atoms with van der Waals surface area (Å²) in [4.78, 5) is 15.3. The molecule has 20 heavy (non-hydrogen) atoms. The summed E-state index contributed by atoms with van der Waals surface area (Å²) in [6, 6.07) is 8.66. The highest BCUT2D eigenvalue weighted by atomic mass is 35.5. The zero-order valence-electron chi connectivity index (χ0n) is 10.0. The molecule has 2 N–H and O–H groups in total. The van der Waals surface area contributed by atoms with Crippen molar-refractivity contribution in [2.45, 2.75) is 5.57 Å². The topological polar surface area (TPSA) is 65.2 Å². The van der Waals surface area contributed by atoms with Crippen LogP contribution in [0.3, 0.4) is 0 Å². The van der Waals surface area contributed by atoms with Crippen LogP contribution in [-0.2, 0) is 0 Å². The number of hydrogen-bond acceptors (Lipinski definition) is 3. The Hall–Kier alpha value is -2.21. The Kier molecular flexibility index (Phi) is 3.85. The lowest BCUT2D eigenvalue weighted by Gasteiger charge is -2.11. The molecule has 0 radical (unpaired) electrons. The first-order chi connectivity index (χ1) is 9.37. The summed E-state index contributed by atoms with van der Waals surface area (Å²) >= 11 is 4.66. The molecule has 0 fully saturated rings. The summed E-state index contributed by atoms with van der Waals surface area (Å²) in [7, 11) is 0. The lowest BCUT2D eigenvalue weighted by Crippen LogP contribution is -2.15. The molecule has 0 unspecified atom stereocenters. The van der Waals surface area contributed by atoms with E-state index in [0.29, 0.717) is 11.3 Å². The van der Waals surface area contributed by atoms with Crippen LogP contribution >= 0.6 is 11.6 Å². The van der Waals surface area contributed by atoms with Gasteiger partial charge in [-0.1, -0.05) is 0 Å². The van der Waals surface area contributed by atoms with Gasteiger partial charge in [-0.25, -0.2) is 0 Å². The largest absolute Gasteiger partial charge is 0.487 e. The zero-order chi connectivity index (χ0) is 14.8. The summed E-state index contributed by atoms with van der Waals surface area (Å²) < 4.78 is 29.1. The summed E-state index contributed by atoms with van der Waals surface area (Å²) in [5, 5.41) is 0. The van der Waals surface area contributed by atoms with E-state index in [9.17, 15) is 13.6 Å². The summed E-state index contributed by atoms with van der Waals surface area (Å²) in [6.07, 6.45) is 1.50. The van der Waals surface area contributed by atoms with Gasteiger partial charge in [0.15, 0.2) is 0 Å². The second-order valence-electron chi connectivity index (χ2n) is 3.84. The van der Waals surface area contributed by atoms with Crippen molar-refractivity contribution in [3.05, 3.63) is 48.2 Å². The third-order valence-corrected chi connectivity index (χ3v) is 2.51. The van der Waals surface area contributed by atoms with E-state index in [0.717, 1.165) is 0 Å². The molecule has 1 heterocycles. The van der Waals surface area contributed by atoms with Crippen LogP contribution in [0.5, 0.6) is 5.75 Å². The molecule has 0 bridgehead atoms. The van der Waals surface area contributed by atoms with Crippen molar-refractivity contribution in [2.24, 2.45) is 5.73 Å². The third-order valence-electron chi connectivity index (χ3n) is 2.43. The monoisotopic (exact) mass is 298 g/mol. The second-order valence-corrected chi connectivity index (χ2v) is 4.28. The quantitative estimate of drug-likeness (QED) is 0.882. The van der Waals surface area contributed by atoms with Gasteiger partial charge in [0.25, 0.3) is 5.91 Å². The molecule has 1 aromatic carbocycles. The lowest BCUT2D eigenvalue weighted by atomic mass is 10.1. The first-order valence-electron chi connectivity index (χ1n) is 5.48. The molecule has 0 saturated carbocycles. The van der Waals surface area contributed by atoms with E-state index in [4.69, 9.17) is 5.73 Å². The smallest absolute Gasteiger partial charge is 0.420 e. The van der Waals surface area contributed by atoms with E-state index >= 15 is 0 Å². The van der Waals surface area contributed by atoms with Crippen LogP contribution in [-0.4, -0.2) is 16.5 Å². The van der Waals surface area contributed by atoms with Gasteiger partial charge in [-0.15, -0.1) is 8.78 Å². The number of pyridine rings is 1. The maximum Gasteiger partial charge on any atom is 0.487 e. The van der Waals surface area contributed by atoms with Crippen LogP contribution in [0.2, 0.25) is 0 Å². The number of nitrogens with zero attached hydrogens (tertiary/aromatic N) is 1. The molecular weight excluding hydrogens is 290 g/mol. The Morgan fingerprint density at radius 3 is 2.45 bits per heavy atom. The van der Waals surface area contributed by atoms with Crippen LogP contribution in [0.4, 0.5) is 8.78 Å². The number of alkyl halides is 3. The minimum atomic E-state index is -3.77. The molecular formula is C13H9ClF2N2O2. The first kappa shape index (κ1) is 14.2. The summed E-state index contributed by atoms with van der Waals surface area (Å²) in [6.45, 7) is 0. The van der Waals surface area contributed by atoms with Gasteiger partial charge in [-0.2, -0.15) is 0 Å². The van der Waals surface area contributed by atoms with E-state index in [1.165, 1.54) is 36.5 Å². The Morgan fingerprint density at radius 1 is 1.25 bits per heavy atom. The van der Waals surface area contributed by atoms with Crippen LogP contribution < -0.4 is 10.5 Å². The fourth-order valence-corrected chi connectivity index (χ4v) is 1.74. The van der Waals surface area contributed by atoms with Gasteiger partial charge < -0.3 is 10.5 Å². The van der Waals surface area contributed by atoms with Gasteiger partial charge in [-0.3, -0.25) is 9.78 Å². The number of aromatic nitrogens is 1. The Balaban J connectivity index is 2.33. The van der Waals surface area contributed by atoms with Crippen molar-refractivity contribution in [1.29, 1.82) is 0 Å². The van der Waals surface area contributed by atoms with Crippen LogP contribution in [0.25, 0.3) is 11.3 Å². The number of rotatable bonds is 4. The second kappa shape index (κ2) is 5.42. The highest BCUT2D eigenvalue weighted by Crippen LogP contribution is 2.28. The molecule has 7 heteroatoms. The number of carbonyl (C=O) groups excluding carboxylic acids is 1. The SMILES string of the molecule is NC(=O)c1cccnc1-c1ccc(OC(F)(F)Cl)cc1. The van der Waals surface area contributed by atoms with E-state index in [-0.39, 0.29) is 11.3 Å². The van der Waals surface area contributed by atoms with E-state index in [2.05, 4.69) is 21.3 Å². The highest BCUT2D eigenvalue weighted by molar-refractivity contribution is 6.20. The van der Waals surface area contributed by atoms with Crippen molar-refractivity contribution >= 4 is 17.5 Å². The van der Waals surface area contributed by atoms with Crippen molar-refractivity contribution in [3.8, 4) is 17.0 Å². The summed E-state index contributed by atoms with van der Waals surface area (Å²) in [5.41, 5.74) is 2.62. The van der Waals surface area contributed by atoms with Gasteiger partial charge in [-0.05, 0) is 36.4 Å². The van der Waals surface area contributed by atoms with Crippen LogP contribution in [0.1, 0.15) is 10.4 Å². The number of nitrogens with two attached hydrogens (primary N) is 1. The van der Waals surface area contributed by atoms with E-state index in [1.54, 1.807) is 6.07 Å². The number of hydrogen-bond donors (Lipinski definition) is 1. The number of carbonyl (C=O) groups is 1. The molecule has 0 saturated heterocycles. The minimum Gasteiger partial charge on any atom is -0.420 e. The summed E-state index contributed by atoms with van der Waals surface area (Å²) in [5.74, 6) is -0.731. The Bertz CT molecular complexity index is 627. The zero-order valence-corrected chi connectivity index (χ0v) is 10.8. The van der Waals surface area contributed by atoms with E-state index < -0.39 is 11.5 Å². The lowest BCUT2D eigenvalue weighted by molar-refractivity contribution is -0.0964. The van der Waals surface area contributed by atoms with Gasteiger partial charge in [0, 0.05) is 23.4 Å². The normalized spacial score (nSPS) is 11.2. The van der Waals surface area contributed by atoms with Gasteiger partial charge >= 0.3 is 5.57 Å². The first-order valence-corrected chi connectivity index (χ1v) is 5.85. The Labute approximate surface area is 118 Å². The molecule has 1 aromatic heterocycles. The number of primary amides is 1. The number of ether oxygens (including phenoxy) is 1. The molecule has 1 amide bonds. The average molecular weight is 299 g/mol. The maximum atomic E-state index is 12.5. The molecule has 104 valence electrons. The highest BCUT2D eigenvalue weighted by Gasteiger charge is 2.27. The van der Waals surface area contributed by atoms with Gasteiger partial charge in [0.05, 0.1) is 11.3 Å². The van der Waals surface area contributed by atoms with Gasteiger partial charge in [0.1, 0.15) is 5.75 Å². The number of amides is 1. The average Bonchev–Trinajstić information content (AvgIpc) is 2.38. The van der Waals surface area contributed by atoms with Gasteiger partial charge in [0.2, 0.25) is 0 Å². The molecule has 0 atom stereocenters. The number of halogens is 3. The third kappa shape index (κ3) is 3.42. The molecule has 4 nitrogen and oxygen atoms in total. The van der Waals surface area contributed by atoms with Crippen molar-refractivity contribution in [2.75, 3.05) is 0 Å². The predicted molar refractivity (Wildman–Crippen MR) is 69.6 cm³/mol. The molecule has 0 aliphatic rings. The van der Waals surface area contributed by atoms with Crippen molar-refractivity contribution < 1.29 is 18.3 Å². The molecule has 0 spiro atoms. The molecule has 0 aliphatic carbocycles. The molecule has 2 aromatic rings. The van der Waals surface area contributed by atoms with Crippen molar-refractivity contribution in [1.82, 2.24) is 4.98 Å². The standard InChI is InChI=1S/C13H9ClF2N2O2/c14-13(15,16)20-9-5-3-8(4-6-9)11-10(12(17)19)2-1-7-18-11/h1-7H,(H2,17,19). The van der Waals surface area contributed by atoms with E-state index in [1.807, 2.05) is 0 Å². The predicted octanol–water partition coefficient (Wildman–Crippen LogP) is 3.02. The number of benzene rings is 1. The van der Waals surface area contributed by atoms with Crippen LogP contribution in [0.15, 0.2) is 42.6 Å².